The minimum absolute atomic E-state index is 0.839. The third kappa shape index (κ3) is 1.88. The van der Waals surface area contributed by atoms with Crippen molar-refractivity contribution in [1.29, 1.82) is 0 Å². The number of H-pyrrole nitrogens is 1. The lowest BCUT2D eigenvalue weighted by molar-refractivity contribution is 0.210. The van der Waals surface area contributed by atoms with Crippen LogP contribution in [0.5, 0.6) is 0 Å². The van der Waals surface area contributed by atoms with Crippen molar-refractivity contribution in [2.24, 2.45) is 11.8 Å². The number of hydrogen-bond acceptors (Lipinski definition) is 4. The zero-order valence-corrected chi connectivity index (χ0v) is 11.0. The van der Waals surface area contributed by atoms with Gasteiger partial charge in [0.2, 0.25) is 0 Å². The summed E-state index contributed by atoms with van der Waals surface area (Å²) in [6.07, 6.45) is 10.6. The Bertz CT molecular complexity index is 566. The summed E-state index contributed by atoms with van der Waals surface area (Å²) in [5.41, 5.74) is 0.839. The summed E-state index contributed by atoms with van der Waals surface area (Å²) >= 11 is 0. The zero-order chi connectivity index (χ0) is 12.7. The smallest absolute Gasteiger partial charge is 0.160 e. The van der Waals surface area contributed by atoms with Crippen LogP contribution in [0.4, 0.5) is 5.82 Å². The molecule has 2 aromatic rings. The highest BCUT2D eigenvalue weighted by Gasteiger charge is 2.35. The van der Waals surface area contributed by atoms with E-state index >= 15 is 0 Å². The van der Waals surface area contributed by atoms with Gasteiger partial charge in [-0.2, -0.15) is 5.10 Å². The molecule has 1 aliphatic heterocycles. The fourth-order valence-electron chi connectivity index (χ4n) is 3.59. The predicted octanol–water partition coefficient (Wildman–Crippen LogP) is 2.37. The predicted molar refractivity (Wildman–Crippen MR) is 74.0 cm³/mol. The molecule has 4 rings (SSSR count). The van der Waals surface area contributed by atoms with E-state index < -0.39 is 0 Å². The highest BCUT2D eigenvalue weighted by atomic mass is 15.3. The molecular weight excluding hydrogens is 238 g/mol. The van der Waals surface area contributed by atoms with Gasteiger partial charge in [-0.15, -0.1) is 0 Å². The van der Waals surface area contributed by atoms with Gasteiger partial charge in [0.15, 0.2) is 5.65 Å². The van der Waals surface area contributed by atoms with Crippen molar-refractivity contribution in [3.05, 3.63) is 12.5 Å². The molecule has 1 saturated heterocycles. The minimum atomic E-state index is 0.839. The molecule has 0 unspecified atom stereocenters. The van der Waals surface area contributed by atoms with Gasteiger partial charge in [-0.25, -0.2) is 9.97 Å². The Morgan fingerprint density at radius 3 is 2.74 bits per heavy atom. The summed E-state index contributed by atoms with van der Waals surface area (Å²) in [4.78, 5) is 11.0. The van der Waals surface area contributed by atoms with Crippen LogP contribution in [0.25, 0.3) is 11.0 Å². The second-order valence-electron chi connectivity index (χ2n) is 5.89. The lowest BCUT2D eigenvalue weighted by Gasteiger charge is -2.45. The molecule has 100 valence electrons. The van der Waals surface area contributed by atoms with Crippen LogP contribution in [-0.2, 0) is 0 Å². The van der Waals surface area contributed by atoms with Crippen molar-refractivity contribution in [3.8, 4) is 0 Å². The molecule has 0 amide bonds. The van der Waals surface area contributed by atoms with E-state index in [2.05, 4.69) is 25.1 Å². The number of aromatic nitrogens is 4. The van der Waals surface area contributed by atoms with E-state index in [1.54, 1.807) is 6.33 Å². The number of aromatic amines is 1. The highest BCUT2D eigenvalue weighted by molar-refractivity contribution is 5.86. The van der Waals surface area contributed by atoms with Gasteiger partial charge in [0, 0.05) is 13.1 Å². The molecule has 0 atom stereocenters. The van der Waals surface area contributed by atoms with Crippen molar-refractivity contribution in [3.63, 3.8) is 0 Å². The minimum Gasteiger partial charge on any atom is -0.355 e. The normalized spacial score (nSPS) is 21.8. The van der Waals surface area contributed by atoms with Gasteiger partial charge < -0.3 is 4.90 Å². The maximum absolute atomic E-state index is 4.44. The van der Waals surface area contributed by atoms with Gasteiger partial charge in [0.1, 0.15) is 12.1 Å². The summed E-state index contributed by atoms with van der Waals surface area (Å²) in [6.45, 7) is 2.31. The van der Waals surface area contributed by atoms with Crippen LogP contribution in [0.15, 0.2) is 12.5 Å². The maximum Gasteiger partial charge on any atom is 0.160 e. The molecule has 0 radical (unpaired) electrons. The summed E-state index contributed by atoms with van der Waals surface area (Å²) in [5, 5.41) is 8.01. The monoisotopic (exact) mass is 257 g/mol. The number of hydrogen-bond donors (Lipinski definition) is 1. The molecule has 2 fully saturated rings. The Hall–Kier alpha value is -1.65. The Kier molecular flexibility index (Phi) is 2.64. The standard InChI is InChI=1S/C14H19N5/c1-2-4-10(5-3-1)11-7-19(8-11)14-12-6-17-18-13(12)15-9-16-14/h6,9-11H,1-5,7-8H2,(H,15,16,17,18). The van der Waals surface area contributed by atoms with E-state index in [9.17, 15) is 0 Å². The van der Waals surface area contributed by atoms with Crippen LogP contribution in [0, 0.1) is 11.8 Å². The fraction of sp³-hybridized carbons (Fsp3) is 0.643. The van der Waals surface area contributed by atoms with Crippen LogP contribution in [0.1, 0.15) is 32.1 Å². The zero-order valence-electron chi connectivity index (χ0n) is 11.0. The van der Waals surface area contributed by atoms with Crippen molar-refractivity contribution in [1.82, 2.24) is 20.2 Å². The van der Waals surface area contributed by atoms with E-state index in [0.717, 1.165) is 41.8 Å². The second-order valence-corrected chi connectivity index (χ2v) is 5.89. The average molecular weight is 257 g/mol. The molecule has 1 saturated carbocycles. The lowest BCUT2D eigenvalue weighted by Crippen LogP contribution is -2.50. The van der Waals surface area contributed by atoms with Crippen LogP contribution in [0.3, 0.4) is 0 Å². The van der Waals surface area contributed by atoms with Gasteiger partial charge in [-0.3, -0.25) is 5.10 Å². The first-order valence-electron chi connectivity index (χ1n) is 7.31. The first-order chi connectivity index (χ1) is 9.42. The summed E-state index contributed by atoms with van der Waals surface area (Å²) in [6, 6.07) is 0. The Labute approximate surface area is 112 Å². The summed E-state index contributed by atoms with van der Waals surface area (Å²) in [5.74, 6) is 2.87. The van der Waals surface area contributed by atoms with Crippen molar-refractivity contribution in [2.75, 3.05) is 18.0 Å². The lowest BCUT2D eigenvalue weighted by atomic mass is 9.76. The van der Waals surface area contributed by atoms with E-state index in [4.69, 9.17) is 0 Å². The number of rotatable bonds is 2. The third-order valence-corrected chi connectivity index (χ3v) is 4.75. The molecule has 19 heavy (non-hydrogen) atoms. The average Bonchev–Trinajstić information content (AvgIpc) is 2.87. The summed E-state index contributed by atoms with van der Waals surface area (Å²) < 4.78 is 0. The van der Waals surface area contributed by atoms with E-state index in [1.165, 1.54) is 32.1 Å². The molecule has 1 N–H and O–H groups in total. The maximum atomic E-state index is 4.44. The van der Waals surface area contributed by atoms with Crippen molar-refractivity contribution >= 4 is 16.9 Å². The molecule has 2 aliphatic rings. The largest absolute Gasteiger partial charge is 0.355 e. The third-order valence-electron chi connectivity index (χ3n) is 4.75. The molecule has 2 aromatic heterocycles. The van der Waals surface area contributed by atoms with Crippen LogP contribution in [0.2, 0.25) is 0 Å². The second kappa shape index (κ2) is 4.47. The van der Waals surface area contributed by atoms with Crippen LogP contribution < -0.4 is 4.90 Å². The Morgan fingerprint density at radius 1 is 1.05 bits per heavy atom. The SMILES string of the molecule is c1nc(N2CC(C3CCCCC3)C2)c2cn[nH]c2n1. The van der Waals surface area contributed by atoms with Gasteiger partial charge in [0.05, 0.1) is 11.6 Å². The van der Waals surface area contributed by atoms with E-state index in [-0.39, 0.29) is 0 Å². The Morgan fingerprint density at radius 2 is 1.89 bits per heavy atom. The highest BCUT2D eigenvalue weighted by Crippen LogP contribution is 2.37. The molecule has 1 aliphatic carbocycles. The van der Waals surface area contributed by atoms with Gasteiger partial charge in [-0.1, -0.05) is 32.1 Å². The molecule has 3 heterocycles. The van der Waals surface area contributed by atoms with Crippen molar-refractivity contribution in [2.45, 2.75) is 32.1 Å². The number of nitrogens with one attached hydrogen (secondary N) is 1. The van der Waals surface area contributed by atoms with Crippen molar-refractivity contribution < 1.29 is 0 Å². The van der Waals surface area contributed by atoms with Crippen LogP contribution >= 0.6 is 0 Å². The van der Waals surface area contributed by atoms with Gasteiger partial charge >= 0.3 is 0 Å². The molecule has 0 bridgehead atoms. The van der Waals surface area contributed by atoms with Gasteiger partial charge in [0.25, 0.3) is 0 Å². The number of anilines is 1. The Balaban J connectivity index is 1.49. The molecule has 5 nitrogen and oxygen atoms in total. The topological polar surface area (TPSA) is 57.7 Å². The first kappa shape index (κ1) is 11.2. The van der Waals surface area contributed by atoms with E-state index in [0.29, 0.717) is 0 Å². The quantitative estimate of drug-likeness (QED) is 0.897. The first-order valence-corrected chi connectivity index (χ1v) is 7.31. The number of nitrogens with zero attached hydrogens (tertiary/aromatic N) is 4. The molecule has 0 aromatic carbocycles. The molecule has 5 heteroatoms. The molecule has 0 spiro atoms. The fourth-order valence-corrected chi connectivity index (χ4v) is 3.59. The van der Waals surface area contributed by atoms with Crippen LogP contribution in [-0.4, -0.2) is 33.3 Å². The molecular formula is C14H19N5. The van der Waals surface area contributed by atoms with Gasteiger partial charge in [-0.05, 0) is 11.8 Å². The number of fused-ring (bicyclic) bond motifs is 1. The van der Waals surface area contributed by atoms with E-state index in [1.807, 2.05) is 6.20 Å². The summed E-state index contributed by atoms with van der Waals surface area (Å²) in [7, 11) is 0.